The van der Waals surface area contributed by atoms with E-state index in [9.17, 15) is 14.4 Å². The molecule has 0 bridgehead atoms. The maximum atomic E-state index is 11.4. The van der Waals surface area contributed by atoms with E-state index in [1.807, 2.05) is 13.8 Å². The van der Waals surface area contributed by atoms with E-state index in [2.05, 4.69) is 6.58 Å². The molecule has 0 saturated carbocycles. The fourth-order valence-electron chi connectivity index (χ4n) is 2.26. The Kier molecular flexibility index (Phi) is 6.55. The van der Waals surface area contributed by atoms with Gasteiger partial charge in [-0.15, -0.1) is 0 Å². The third-order valence-corrected chi connectivity index (χ3v) is 3.66. The Hall–Kier alpha value is -1.89. The van der Waals surface area contributed by atoms with Crippen molar-refractivity contribution in [3.63, 3.8) is 0 Å². The van der Waals surface area contributed by atoms with Crippen LogP contribution in [0.15, 0.2) is 12.7 Å². The molecule has 1 saturated heterocycles. The quantitative estimate of drug-likeness (QED) is 0.428. The molecule has 0 N–H and O–H groups in total. The standard InChI is InChI=1S/C15H22O7/c1-6-13(18)22-15-14(20-11(5)17)9(3)8(2)12(21-15)7-19-10(4)16/h6,8-9,12,14-15H,1,7H2,2-5H3. The van der Waals surface area contributed by atoms with Gasteiger partial charge in [-0.1, -0.05) is 20.4 Å². The van der Waals surface area contributed by atoms with Crippen molar-refractivity contribution in [1.82, 2.24) is 0 Å². The highest BCUT2D eigenvalue weighted by Gasteiger charge is 2.45. The van der Waals surface area contributed by atoms with Crippen molar-refractivity contribution in [2.24, 2.45) is 11.8 Å². The van der Waals surface area contributed by atoms with Gasteiger partial charge in [0.05, 0.1) is 6.10 Å². The molecule has 5 unspecified atom stereocenters. The van der Waals surface area contributed by atoms with Crippen molar-refractivity contribution in [3.8, 4) is 0 Å². The summed E-state index contributed by atoms with van der Waals surface area (Å²) in [5.74, 6) is -1.82. The van der Waals surface area contributed by atoms with E-state index in [-0.39, 0.29) is 18.4 Å². The van der Waals surface area contributed by atoms with Gasteiger partial charge in [-0.2, -0.15) is 0 Å². The lowest BCUT2D eigenvalue weighted by Gasteiger charge is -2.42. The molecule has 0 spiro atoms. The molecule has 1 fully saturated rings. The maximum absolute atomic E-state index is 11.4. The summed E-state index contributed by atoms with van der Waals surface area (Å²) in [4.78, 5) is 33.6. The van der Waals surface area contributed by atoms with E-state index in [0.29, 0.717) is 0 Å². The Morgan fingerprint density at radius 2 is 1.73 bits per heavy atom. The molecule has 1 aliphatic heterocycles. The maximum Gasteiger partial charge on any atom is 0.332 e. The molecule has 124 valence electrons. The molecule has 0 aromatic carbocycles. The number of carbonyl (C=O) groups is 3. The van der Waals surface area contributed by atoms with Crippen LogP contribution >= 0.6 is 0 Å². The van der Waals surface area contributed by atoms with Crippen molar-refractivity contribution in [1.29, 1.82) is 0 Å². The molecule has 1 rings (SSSR count). The predicted molar refractivity (Wildman–Crippen MR) is 75.5 cm³/mol. The van der Waals surface area contributed by atoms with Crippen LogP contribution in [-0.4, -0.2) is 43.0 Å². The van der Waals surface area contributed by atoms with Crippen LogP contribution in [-0.2, 0) is 33.3 Å². The predicted octanol–water partition coefficient (Wildman–Crippen LogP) is 1.21. The zero-order valence-electron chi connectivity index (χ0n) is 13.2. The molecule has 22 heavy (non-hydrogen) atoms. The topological polar surface area (TPSA) is 88.1 Å². The Bertz CT molecular complexity index is 443. The Morgan fingerprint density at radius 3 is 2.23 bits per heavy atom. The van der Waals surface area contributed by atoms with E-state index in [4.69, 9.17) is 18.9 Å². The first-order valence-electron chi connectivity index (χ1n) is 7.05. The van der Waals surface area contributed by atoms with Crippen molar-refractivity contribution in [2.45, 2.75) is 46.2 Å². The summed E-state index contributed by atoms with van der Waals surface area (Å²) in [5.41, 5.74) is 0. The van der Waals surface area contributed by atoms with Crippen LogP contribution in [0.1, 0.15) is 27.7 Å². The van der Waals surface area contributed by atoms with Crippen LogP contribution in [0, 0.1) is 11.8 Å². The Morgan fingerprint density at radius 1 is 1.09 bits per heavy atom. The van der Waals surface area contributed by atoms with Crippen molar-refractivity contribution < 1.29 is 33.3 Å². The van der Waals surface area contributed by atoms with Gasteiger partial charge < -0.3 is 18.9 Å². The van der Waals surface area contributed by atoms with Gasteiger partial charge in [0.25, 0.3) is 0 Å². The van der Waals surface area contributed by atoms with E-state index in [1.165, 1.54) is 13.8 Å². The zero-order valence-corrected chi connectivity index (χ0v) is 13.2. The van der Waals surface area contributed by atoms with Gasteiger partial charge in [-0.3, -0.25) is 9.59 Å². The third kappa shape index (κ3) is 4.84. The van der Waals surface area contributed by atoms with Crippen LogP contribution < -0.4 is 0 Å². The van der Waals surface area contributed by atoms with Crippen LogP contribution in [0.25, 0.3) is 0 Å². The first-order valence-corrected chi connectivity index (χ1v) is 7.05. The van der Waals surface area contributed by atoms with Crippen LogP contribution in [0.4, 0.5) is 0 Å². The first kappa shape index (κ1) is 18.2. The molecular weight excluding hydrogens is 292 g/mol. The molecule has 7 nitrogen and oxygen atoms in total. The highest BCUT2D eigenvalue weighted by molar-refractivity contribution is 5.81. The summed E-state index contributed by atoms with van der Waals surface area (Å²) in [6.45, 7) is 9.67. The summed E-state index contributed by atoms with van der Waals surface area (Å²) >= 11 is 0. The largest absolute Gasteiger partial charge is 0.463 e. The van der Waals surface area contributed by atoms with Gasteiger partial charge in [0, 0.05) is 25.8 Å². The first-order chi connectivity index (χ1) is 10.3. The second-order valence-electron chi connectivity index (χ2n) is 5.28. The summed E-state index contributed by atoms with van der Waals surface area (Å²) < 4.78 is 21.0. The molecule has 1 heterocycles. The summed E-state index contributed by atoms with van der Waals surface area (Å²) in [7, 11) is 0. The number of ether oxygens (including phenoxy) is 4. The highest BCUT2D eigenvalue weighted by Crippen LogP contribution is 2.33. The zero-order chi connectivity index (χ0) is 16.9. The highest BCUT2D eigenvalue weighted by atomic mass is 16.7. The normalized spacial score (nSPS) is 31.0. The number of rotatable bonds is 5. The van der Waals surface area contributed by atoms with Crippen molar-refractivity contribution in [2.75, 3.05) is 6.61 Å². The minimum absolute atomic E-state index is 0.0375. The molecule has 5 atom stereocenters. The lowest BCUT2D eigenvalue weighted by Crippen LogP contribution is -2.53. The average Bonchev–Trinajstić information content (AvgIpc) is 2.44. The monoisotopic (exact) mass is 314 g/mol. The molecule has 0 radical (unpaired) electrons. The van der Waals surface area contributed by atoms with Crippen molar-refractivity contribution in [3.05, 3.63) is 12.7 Å². The van der Waals surface area contributed by atoms with Crippen molar-refractivity contribution >= 4 is 17.9 Å². The van der Waals surface area contributed by atoms with Gasteiger partial charge >= 0.3 is 17.9 Å². The second-order valence-corrected chi connectivity index (χ2v) is 5.28. The van der Waals surface area contributed by atoms with Gasteiger partial charge in [0.15, 0.2) is 6.10 Å². The minimum atomic E-state index is -1.07. The second kappa shape index (κ2) is 7.93. The fraction of sp³-hybridized carbons (Fsp3) is 0.667. The van der Waals surface area contributed by atoms with Crippen LogP contribution in [0.3, 0.4) is 0 Å². The SMILES string of the molecule is C=CC(=O)OC1OC(COC(C)=O)C(C)C(C)C1OC(C)=O. The summed E-state index contributed by atoms with van der Waals surface area (Å²) in [6.07, 6.45) is -1.27. The average molecular weight is 314 g/mol. The van der Waals surface area contributed by atoms with E-state index in [1.54, 1.807) is 0 Å². The molecular formula is C15H22O7. The molecule has 0 aromatic rings. The van der Waals surface area contributed by atoms with Gasteiger partial charge in [-0.05, 0) is 5.92 Å². The minimum Gasteiger partial charge on any atom is -0.463 e. The summed E-state index contributed by atoms with van der Waals surface area (Å²) in [5, 5.41) is 0. The van der Waals surface area contributed by atoms with Crippen LogP contribution in [0.5, 0.6) is 0 Å². The fourth-order valence-corrected chi connectivity index (χ4v) is 2.26. The number of esters is 3. The molecule has 0 aliphatic carbocycles. The smallest absolute Gasteiger partial charge is 0.332 e. The Balaban J connectivity index is 2.88. The lowest BCUT2D eigenvalue weighted by molar-refractivity contribution is -0.270. The lowest BCUT2D eigenvalue weighted by atomic mass is 9.83. The Labute approximate surface area is 129 Å². The van der Waals surface area contributed by atoms with Gasteiger partial charge in [-0.25, -0.2) is 4.79 Å². The third-order valence-electron chi connectivity index (χ3n) is 3.66. The number of hydrogen-bond acceptors (Lipinski definition) is 7. The summed E-state index contributed by atoms with van der Waals surface area (Å²) in [6, 6.07) is 0. The van der Waals surface area contributed by atoms with Gasteiger partial charge in [0.1, 0.15) is 6.61 Å². The van der Waals surface area contributed by atoms with E-state index in [0.717, 1.165) is 6.08 Å². The number of carbonyl (C=O) groups excluding carboxylic acids is 3. The van der Waals surface area contributed by atoms with E-state index >= 15 is 0 Å². The van der Waals surface area contributed by atoms with Crippen LogP contribution in [0.2, 0.25) is 0 Å². The molecule has 1 aliphatic rings. The molecule has 7 heteroatoms. The van der Waals surface area contributed by atoms with E-state index < -0.39 is 36.4 Å². The van der Waals surface area contributed by atoms with Gasteiger partial charge in [0.2, 0.25) is 6.29 Å². The molecule has 0 aromatic heterocycles. The number of hydrogen-bond donors (Lipinski definition) is 0. The molecule has 0 amide bonds.